The summed E-state index contributed by atoms with van der Waals surface area (Å²) in [6.45, 7) is 0.239. The number of carbonyl (C=O) groups is 2. The highest BCUT2D eigenvalue weighted by atomic mass is 19.1. The van der Waals surface area contributed by atoms with Gasteiger partial charge in [-0.3, -0.25) is 14.5 Å². The molecule has 25 heavy (non-hydrogen) atoms. The van der Waals surface area contributed by atoms with E-state index in [-0.39, 0.29) is 42.3 Å². The van der Waals surface area contributed by atoms with E-state index in [2.05, 4.69) is 10.2 Å². The summed E-state index contributed by atoms with van der Waals surface area (Å²) < 4.78 is 14.4. The Bertz CT molecular complexity index is 649. The molecule has 1 aromatic rings. The quantitative estimate of drug-likeness (QED) is 0.911. The Morgan fingerprint density at radius 3 is 2.80 bits per heavy atom. The second-order valence-electron chi connectivity index (χ2n) is 7.22. The molecule has 2 aliphatic rings. The topological polar surface area (TPSA) is 52.7 Å². The summed E-state index contributed by atoms with van der Waals surface area (Å²) in [5.74, 6) is -0.200. The van der Waals surface area contributed by atoms with Crippen LogP contribution in [-0.2, 0) is 9.59 Å². The summed E-state index contributed by atoms with van der Waals surface area (Å²) in [6.07, 6.45) is 3.90. The molecule has 0 aromatic heterocycles. The van der Waals surface area contributed by atoms with Crippen molar-refractivity contribution in [1.82, 2.24) is 15.1 Å². The third-order valence-electron chi connectivity index (χ3n) is 5.35. The molecule has 2 fully saturated rings. The third kappa shape index (κ3) is 3.84. The number of rotatable bonds is 3. The molecule has 0 spiro atoms. The number of likely N-dealkylation sites (tertiary alicyclic amines) is 1. The number of halogens is 1. The molecule has 136 valence electrons. The Kier molecular flexibility index (Phi) is 5.37. The van der Waals surface area contributed by atoms with E-state index in [0.717, 1.165) is 19.3 Å². The number of nitrogens with zero attached hydrogens (tertiary/aromatic N) is 2. The highest BCUT2D eigenvalue weighted by Crippen LogP contribution is 2.39. The van der Waals surface area contributed by atoms with Crippen LogP contribution in [0.2, 0.25) is 0 Å². The molecule has 0 bridgehead atoms. The molecule has 2 heterocycles. The lowest BCUT2D eigenvalue weighted by molar-refractivity contribution is -0.130. The second kappa shape index (κ2) is 7.52. The SMILES string of the molecule is CN(C)C(=O)CN1[C@H](c2ccccc2F)C[C@H]2NC(=O)CCCC[C@@H]21. The minimum atomic E-state index is -0.254. The van der Waals surface area contributed by atoms with Crippen LogP contribution >= 0.6 is 0 Å². The molecule has 1 aromatic carbocycles. The highest BCUT2D eigenvalue weighted by molar-refractivity contribution is 5.78. The summed E-state index contributed by atoms with van der Waals surface area (Å²) in [4.78, 5) is 28.1. The predicted octanol–water partition coefficient (Wildman–Crippen LogP) is 2.09. The molecule has 3 rings (SSSR count). The van der Waals surface area contributed by atoms with Gasteiger partial charge in [0, 0.05) is 44.2 Å². The van der Waals surface area contributed by atoms with E-state index in [1.165, 1.54) is 6.07 Å². The number of fused-ring (bicyclic) bond motifs is 1. The Hall–Kier alpha value is -1.95. The van der Waals surface area contributed by atoms with Crippen LogP contribution in [0.4, 0.5) is 4.39 Å². The van der Waals surface area contributed by atoms with Crippen LogP contribution in [0.5, 0.6) is 0 Å². The summed E-state index contributed by atoms with van der Waals surface area (Å²) in [6, 6.07) is 6.58. The van der Waals surface area contributed by atoms with Crippen molar-refractivity contribution >= 4 is 11.8 Å². The van der Waals surface area contributed by atoms with E-state index in [9.17, 15) is 14.0 Å². The van der Waals surface area contributed by atoms with Crippen LogP contribution in [0.3, 0.4) is 0 Å². The lowest BCUT2D eigenvalue weighted by Gasteiger charge is -2.33. The highest BCUT2D eigenvalue weighted by Gasteiger charge is 2.44. The fourth-order valence-electron chi connectivity index (χ4n) is 4.01. The fourth-order valence-corrected chi connectivity index (χ4v) is 4.01. The van der Waals surface area contributed by atoms with Crippen molar-refractivity contribution in [3.8, 4) is 0 Å². The first kappa shape index (κ1) is 17.9. The minimum absolute atomic E-state index is 0.00428. The van der Waals surface area contributed by atoms with Crippen molar-refractivity contribution < 1.29 is 14.0 Å². The molecule has 0 aliphatic carbocycles. The number of hydrogen-bond donors (Lipinski definition) is 1. The van der Waals surface area contributed by atoms with E-state index < -0.39 is 0 Å². The molecule has 0 saturated carbocycles. The van der Waals surface area contributed by atoms with Crippen molar-refractivity contribution in [2.45, 2.75) is 50.2 Å². The van der Waals surface area contributed by atoms with Crippen molar-refractivity contribution in [3.63, 3.8) is 0 Å². The zero-order chi connectivity index (χ0) is 18.0. The van der Waals surface area contributed by atoms with Crippen molar-refractivity contribution in [3.05, 3.63) is 35.6 Å². The molecule has 0 unspecified atom stereocenters. The lowest BCUT2D eigenvalue weighted by atomic mass is 9.97. The molecule has 3 atom stereocenters. The Morgan fingerprint density at radius 2 is 2.08 bits per heavy atom. The largest absolute Gasteiger partial charge is 0.352 e. The van der Waals surface area contributed by atoms with Crippen molar-refractivity contribution in [2.75, 3.05) is 20.6 Å². The van der Waals surface area contributed by atoms with Gasteiger partial charge in [0.2, 0.25) is 11.8 Å². The van der Waals surface area contributed by atoms with Gasteiger partial charge in [0.1, 0.15) is 5.82 Å². The van der Waals surface area contributed by atoms with Gasteiger partial charge in [-0.1, -0.05) is 24.6 Å². The molecule has 5 nitrogen and oxygen atoms in total. The maximum Gasteiger partial charge on any atom is 0.236 e. The average Bonchev–Trinajstić information content (AvgIpc) is 2.86. The van der Waals surface area contributed by atoms with Gasteiger partial charge in [-0.25, -0.2) is 4.39 Å². The van der Waals surface area contributed by atoms with Gasteiger partial charge in [0.05, 0.1) is 6.54 Å². The summed E-state index contributed by atoms with van der Waals surface area (Å²) in [7, 11) is 3.46. The molecule has 2 amide bonds. The monoisotopic (exact) mass is 347 g/mol. The number of benzene rings is 1. The van der Waals surface area contributed by atoms with Crippen molar-refractivity contribution in [1.29, 1.82) is 0 Å². The van der Waals surface area contributed by atoms with Crippen LogP contribution < -0.4 is 5.32 Å². The second-order valence-corrected chi connectivity index (χ2v) is 7.22. The zero-order valence-electron chi connectivity index (χ0n) is 14.9. The smallest absolute Gasteiger partial charge is 0.236 e. The summed E-state index contributed by atoms with van der Waals surface area (Å²) in [5.41, 5.74) is 0.607. The summed E-state index contributed by atoms with van der Waals surface area (Å²) in [5, 5.41) is 3.10. The Morgan fingerprint density at radius 1 is 1.32 bits per heavy atom. The molecular formula is C19H26FN3O2. The Balaban J connectivity index is 1.92. The van der Waals surface area contributed by atoms with Gasteiger partial charge in [-0.05, 0) is 25.3 Å². The normalized spacial score (nSPS) is 27.2. The Labute approximate surface area is 148 Å². The van der Waals surface area contributed by atoms with Gasteiger partial charge in [0.25, 0.3) is 0 Å². The number of carbonyl (C=O) groups excluding carboxylic acids is 2. The number of amides is 2. The maximum absolute atomic E-state index is 14.4. The average molecular weight is 347 g/mol. The van der Waals surface area contributed by atoms with E-state index in [1.54, 1.807) is 31.1 Å². The van der Waals surface area contributed by atoms with Gasteiger partial charge in [-0.2, -0.15) is 0 Å². The van der Waals surface area contributed by atoms with Gasteiger partial charge < -0.3 is 10.2 Å². The number of hydrogen-bond acceptors (Lipinski definition) is 3. The van der Waals surface area contributed by atoms with Crippen LogP contribution in [-0.4, -0.2) is 54.3 Å². The first-order valence-electron chi connectivity index (χ1n) is 8.97. The van der Waals surface area contributed by atoms with Gasteiger partial charge >= 0.3 is 0 Å². The lowest BCUT2D eigenvalue weighted by Crippen LogP contribution is -2.48. The first-order chi connectivity index (χ1) is 12.0. The number of likely N-dealkylation sites (N-methyl/N-ethyl adjacent to an activating group) is 1. The van der Waals surface area contributed by atoms with E-state index >= 15 is 0 Å². The van der Waals surface area contributed by atoms with E-state index in [0.29, 0.717) is 18.4 Å². The van der Waals surface area contributed by atoms with Gasteiger partial charge in [0.15, 0.2) is 0 Å². The van der Waals surface area contributed by atoms with Crippen molar-refractivity contribution in [2.24, 2.45) is 0 Å². The van der Waals surface area contributed by atoms with E-state index in [1.807, 2.05) is 6.07 Å². The number of nitrogens with one attached hydrogen (secondary N) is 1. The maximum atomic E-state index is 14.4. The predicted molar refractivity (Wildman–Crippen MR) is 93.3 cm³/mol. The van der Waals surface area contributed by atoms with E-state index in [4.69, 9.17) is 0 Å². The minimum Gasteiger partial charge on any atom is -0.352 e. The van der Waals surface area contributed by atoms with Gasteiger partial charge in [-0.15, -0.1) is 0 Å². The van der Waals surface area contributed by atoms with Crippen LogP contribution in [0.25, 0.3) is 0 Å². The molecule has 2 saturated heterocycles. The molecule has 1 N–H and O–H groups in total. The molecule has 6 heteroatoms. The molecule has 0 radical (unpaired) electrons. The van der Waals surface area contributed by atoms with Crippen LogP contribution in [0.15, 0.2) is 24.3 Å². The fraction of sp³-hybridized carbons (Fsp3) is 0.579. The molecule has 2 aliphatic heterocycles. The third-order valence-corrected chi connectivity index (χ3v) is 5.35. The summed E-state index contributed by atoms with van der Waals surface area (Å²) >= 11 is 0. The molecular weight excluding hydrogens is 321 g/mol. The standard InChI is InChI=1S/C19H26FN3O2/c1-22(2)19(25)12-23-16-9-5-6-10-18(24)21-15(16)11-17(23)13-7-3-4-8-14(13)20/h3-4,7-8,15-17H,5-6,9-12H2,1-2H3,(H,21,24)/t15-,16+,17+/m1/s1. The van der Waals surface area contributed by atoms with Crippen LogP contribution in [0.1, 0.15) is 43.7 Å². The first-order valence-corrected chi connectivity index (χ1v) is 8.97. The zero-order valence-corrected chi connectivity index (χ0v) is 14.9. The van der Waals surface area contributed by atoms with Crippen LogP contribution in [0, 0.1) is 5.82 Å².